The Hall–Kier alpha value is -2.00. The molecule has 8 nitrogen and oxygen atoms in total. The van der Waals surface area contributed by atoms with E-state index >= 15 is 0 Å². The Balaban J connectivity index is 2.13. The summed E-state index contributed by atoms with van der Waals surface area (Å²) in [6, 6.07) is 1.69. The van der Waals surface area contributed by atoms with E-state index < -0.39 is 30.6 Å². The molecular formula is C13H16N4O4. The second kappa shape index (κ2) is 4.78. The van der Waals surface area contributed by atoms with Gasteiger partial charge in [-0.2, -0.15) is 0 Å². The summed E-state index contributed by atoms with van der Waals surface area (Å²) in [5.41, 5.74) is 4.48. The molecule has 2 aromatic rings. The van der Waals surface area contributed by atoms with E-state index in [1.165, 1.54) is 17.0 Å². The number of rotatable bonds is 3. The van der Waals surface area contributed by atoms with E-state index in [9.17, 15) is 15.3 Å². The first-order valence-electron chi connectivity index (χ1n) is 6.40. The lowest BCUT2D eigenvalue weighted by molar-refractivity contribution is -0.0768. The Morgan fingerprint density at radius 3 is 2.95 bits per heavy atom. The normalized spacial score (nSPS) is 32.6. The molecule has 8 heteroatoms. The molecule has 2 aromatic heterocycles. The highest BCUT2D eigenvalue weighted by atomic mass is 16.6. The number of nitrogen functional groups attached to an aromatic ring is 1. The Morgan fingerprint density at radius 2 is 2.29 bits per heavy atom. The van der Waals surface area contributed by atoms with Crippen LogP contribution in [0.5, 0.6) is 0 Å². The second-order valence-corrected chi connectivity index (χ2v) is 4.96. The van der Waals surface area contributed by atoms with Crippen molar-refractivity contribution in [2.24, 2.45) is 0 Å². The number of aliphatic hydroxyl groups excluding tert-OH is 2. The Labute approximate surface area is 120 Å². The zero-order chi connectivity index (χ0) is 15.2. The zero-order valence-corrected chi connectivity index (χ0v) is 11.1. The van der Waals surface area contributed by atoms with Gasteiger partial charge in [0, 0.05) is 6.20 Å². The monoisotopic (exact) mass is 292 g/mol. The van der Waals surface area contributed by atoms with Gasteiger partial charge in [0.25, 0.3) is 0 Å². The fraction of sp³-hybridized carbons (Fsp3) is 0.385. The van der Waals surface area contributed by atoms with Crippen molar-refractivity contribution in [1.29, 1.82) is 0 Å². The van der Waals surface area contributed by atoms with Crippen LogP contribution in [0.15, 0.2) is 31.2 Å². The van der Waals surface area contributed by atoms with Crippen molar-refractivity contribution in [3.05, 3.63) is 31.2 Å². The van der Waals surface area contributed by atoms with Crippen LogP contribution in [0.1, 0.15) is 6.23 Å². The second-order valence-electron chi connectivity index (χ2n) is 4.96. The first-order chi connectivity index (χ1) is 10.0. The topological polar surface area (TPSA) is 127 Å². The van der Waals surface area contributed by atoms with Crippen LogP contribution in [-0.2, 0) is 4.74 Å². The molecule has 0 bridgehead atoms. The van der Waals surface area contributed by atoms with Crippen LogP contribution < -0.4 is 5.73 Å². The van der Waals surface area contributed by atoms with E-state index in [-0.39, 0.29) is 0 Å². The summed E-state index contributed by atoms with van der Waals surface area (Å²) in [4.78, 5) is 8.01. The minimum atomic E-state index is -1.75. The lowest BCUT2D eigenvalue weighted by atomic mass is 9.94. The van der Waals surface area contributed by atoms with E-state index in [1.807, 2.05) is 0 Å². The molecular weight excluding hydrogens is 276 g/mol. The highest BCUT2D eigenvalue weighted by Crippen LogP contribution is 2.40. The Morgan fingerprint density at radius 1 is 1.52 bits per heavy atom. The number of nitrogens with two attached hydrogens (primary N) is 1. The third-order valence-corrected chi connectivity index (χ3v) is 3.82. The van der Waals surface area contributed by atoms with Gasteiger partial charge >= 0.3 is 0 Å². The lowest BCUT2D eigenvalue weighted by Crippen LogP contribution is -2.45. The molecule has 1 aliphatic heterocycles. The molecule has 0 saturated carbocycles. The summed E-state index contributed by atoms with van der Waals surface area (Å²) in [5, 5.41) is 30.6. The van der Waals surface area contributed by atoms with Crippen molar-refractivity contribution in [2.45, 2.75) is 24.0 Å². The van der Waals surface area contributed by atoms with Crippen molar-refractivity contribution in [3.63, 3.8) is 0 Å². The van der Waals surface area contributed by atoms with Gasteiger partial charge in [-0.25, -0.2) is 9.97 Å². The number of fused-ring (bicyclic) bond motifs is 1. The number of hydrogen-bond acceptors (Lipinski definition) is 7. The van der Waals surface area contributed by atoms with Crippen LogP contribution in [0.25, 0.3) is 11.0 Å². The first kappa shape index (κ1) is 14.0. The fourth-order valence-electron chi connectivity index (χ4n) is 2.63. The summed E-state index contributed by atoms with van der Waals surface area (Å²) in [5.74, 6) is 0.304. The summed E-state index contributed by atoms with van der Waals surface area (Å²) < 4.78 is 7.10. The molecule has 4 atom stereocenters. The van der Waals surface area contributed by atoms with Gasteiger partial charge in [0.15, 0.2) is 11.8 Å². The van der Waals surface area contributed by atoms with Crippen molar-refractivity contribution in [3.8, 4) is 0 Å². The molecule has 0 spiro atoms. The van der Waals surface area contributed by atoms with Crippen LogP contribution in [0, 0.1) is 0 Å². The third-order valence-electron chi connectivity index (χ3n) is 3.82. The quantitative estimate of drug-likeness (QED) is 0.544. The zero-order valence-electron chi connectivity index (χ0n) is 11.1. The van der Waals surface area contributed by atoms with Crippen LogP contribution in [0.3, 0.4) is 0 Å². The number of aliphatic hydroxyl groups is 3. The van der Waals surface area contributed by atoms with Crippen LogP contribution >= 0.6 is 0 Å². The van der Waals surface area contributed by atoms with Crippen LogP contribution in [-0.4, -0.2) is 54.3 Å². The molecule has 3 rings (SSSR count). The molecule has 21 heavy (non-hydrogen) atoms. The number of aromatic nitrogens is 3. The molecule has 0 aliphatic carbocycles. The Bertz CT molecular complexity index is 688. The van der Waals surface area contributed by atoms with E-state index in [1.54, 1.807) is 12.3 Å². The summed E-state index contributed by atoms with van der Waals surface area (Å²) in [7, 11) is 0. The molecule has 1 aliphatic rings. The largest absolute Gasteiger partial charge is 0.394 e. The molecule has 0 radical (unpaired) electrons. The predicted molar refractivity (Wildman–Crippen MR) is 74.1 cm³/mol. The minimum absolute atomic E-state index is 0.304. The smallest absolute Gasteiger partial charge is 0.171 e. The van der Waals surface area contributed by atoms with Gasteiger partial charge in [-0.05, 0) is 6.07 Å². The standard InChI is InChI=1S/C13H16N4O4/c1-2-13(20)9(19)8(5-18)21-12(13)17-4-3-7-10(14)15-6-16-11(7)17/h2-4,6,8-9,12,18-20H,1,5H2,(H2,14,15,16)/t8-,9-,12?,13-/m1/s1. The average molecular weight is 292 g/mol. The van der Waals surface area contributed by atoms with E-state index in [0.29, 0.717) is 16.9 Å². The van der Waals surface area contributed by atoms with Crippen molar-refractivity contribution in [2.75, 3.05) is 12.3 Å². The number of anilines is 1. The molecule has 5 N–H and O–H groups in total. The molecule has 0 amide bonds. The number of nitrogens with zero attached hydrogens (tertiary/aromatic N) is 3. The maximum atomic E-state index is 10.6. The van der Waals surface area contributed by atoms with Crippen molar-refractivity contribution in [1.82, 2.24) is 14.5 Å². The highest BCUT2D eigenvalue weighted by Gasteiger charge is 2.54. The average Bonchev–Trinajstić information content (AvgIpc) is 3.01. The molecule has 1 unspecified atom stereocenters. The molecule has 3 heterocycles. The van der Waals surface area contributed by atoms with E-state index in [2.05, 4.69) is 16.5 Å². The maximum Gasteiger partial charge on any atom is 0.171 e. The van der Waals surface area contributed by atoms with E-state index in [4.69, 9.17) is 10.5 Å². The molecule has 112 valence electrons. The SMILES string of the molecule is C=C[C@]1(O)C(n2ccc3c(N)ncnc32)O[C@H](CO)[C@H]1O. The van der Waals surface area contributed by atoms with Gasteiger partial charge in [0.1, 0.15) is 30.0 Å². The van der Waals surface area contributed by atoms with Crippen molar-refractivity contribution >= 4 is 16.9 Å². The maximum absolute atomic E-state index is 10.6. The lowest BCUT2D eigenvalue weighted by Gasteiger charge is -2.28. The van der Waals surface area contributed by atoms with Crippen molar-refractivity contribution < 1.29 is 20.1 Å². The predicted octanol–water partition coefficient (Wildman–Crippen LogP) is -0.819. The van der Waals surface area contributed by atoms with Gasteiger partial charge in [-0.1, -0.05) is 12.7 Å². The minimum Gasteiger partial charge on any atom is -0.394 e. The van der Waals surface area contributed by atoms with Gasteiger partial charge in [-0.15, -0.1) is 0 Å². The summed E-state index contributed by atoms with van der Waals surface area (Å²) >= 11 is 0. The summed E-state index contributed by atoms with van der Waals surface area (Å²) in [6.07, 6.45) is 0.927. The molecule has 0 aromatic carbocycles. The fourth-order valence-corrected chi connectivity index (χ4v) is 2.63. The van der Waals surface area contributed by atoms with Gasteiger partial charge < -0.3 is 30.4 Å². The van der Waals surface area contributed by atoms with Gasteiger partial charge in [0.2, 0.25) is 0 Å². The highest BCUT2D eigenvalue weighted by molar-refractivity contribution is 5.86. The number of ether oxygens (including phenoxy) is 1. The third kappa shape index (κ3) is 1.84. The van der Waals surface area contributed by atoms with Crippen LogP contribution in [0.2, 0.25) is 0 Å². The number of hydrogen-bond donors (Lipinski definition) is 4. The van der Waals surface area contributed by atoms with Crippen LogP contribution in [0.4, 0.5) is 5.82 Å². The van der Waals surface area contributed by atoms with E-state index in [0.717, 1.165) is 0 Å². The van der Waals surface area contributed by atoms with Gasteiger partial charge in [-0.3, -0.25) is 0 Å². The molecule has 1 fully saturated rings. The molecule has 1 saturated heterocycles. The Kier molecular flexibility index (Phi) is 3.18. The first-order valence-corrected chi connectivity index (χ1v) is 6.40. The van der Waals surface area contributed by atoms with Gasteiger partial charge in [0.05, 0.1) is 12.0 Å². The summed E-state index contributed by atoms with van der Waals surface area (Å²) in [6.45, 7) is 3.12.